The molecular weight excluding hydrogens is 304 g/mol. The van der Waals surface area contributed by atoms with Gasteiger partial charge in [-0.25, -0.2) is 0 Å². The summed E-state index contributed by atoms with van der Waals surface area (Å²) in [6, 6.07) is 16.5. The zero-order valence-electron chi connectivity index (χ0n) is 14.0. The number of rotatable bonds is 7. The van der Waals surface area contributed by atoms with Crippen LogP contribution in [0.1, 0.15) is 26.3 Å². The van der Waals surface area contributed by atoms with Crippen molar-refractivity contribution in [2.24, 2.45) is 0 Å². The molecule has 0 bridgehead atoms. The molecule has 0 saturated heterocycles. The van der Waals surface area contributed by atoms with Crippen LogP contribution in [0.5, 0.6) is 0 Å². The molecule has 2 rings (SSSR count). The van der Waals surface area contributed by atoms with Gasteiger partial charge in [-0.3, -0.25) is 9.59 Å². The third-order valence-electron chi connectivity index (χ3n) is 3.57. The summed E-state index contributed by atoms with van der Waals surface area (Å²) in [6.07, 6.45) is 0. The maximum atomic E-state index is 12.6. The molecule has 0 saturated carbocycles. The van der Waals surface area contributed by atoms with E-state index in [2.05, 4.69) is 5.32 Å². The Morgan fingerprint density at radius 2 is 1.75 bits per heavy atom. The first-order valence-electron chi connectivity index (χ1n) is 7.78. The van der Waals surface area contributed by atoms with Gasteiger partial charge in [-0.05, 0) is 23.8 Å². The van der Waals surface area contributed by atoms with E-state index < -0.39 is 0 Å². The Bertz CT molecular complexity index is 686. The molecule has 0 aromatic heterocycles. The average Bonchev–Trinajstić information content (AvgIpc) is 2.62. The van der Waals surface area contributed by atoms with E-state index >= 15 is 0 Å². The summed E-state index contributed by atoms with van der Waals surface area (Å²) in [5.74, 6) is -0.335. The highest BCUT2D eigenvalue weighted by Crippen LogP contribution is 2.11. The second-order valence-electron chi connectivity index (χ2n) is 5.48. The van der Waals surface area contributed by atoms with Crippen molar-refractivity contribution in [3.05, 3.63) is 71.3 Å². The molecule has 2 aromatic rings. The van der Waals surface area contributed by atoms with Crippen LogP contribution in [0, 0.1) is 0 Å². The lowest BCUT2D eigenvalue weighted by atomic mass is 10.1. The van der Waals surface area contributed by atoms with Gasteiger partial charge in [-0.2, -0.15) is 0 Å². The predicted molar refractivity (Wildman–Crippen MR) is 92.9 cm³/mol. The average molecular weight is 326 g/mol. The Kier molecular flexibility index (Phi) is 6.51. The minimum atomic E-state index is -0.215. The normalized spacial score (nSPS) is 10.2. The molecule has 0 radical (unpaired) electrons. The van der Waals surface area contributed by atoms with Crippen LogP contribution in [0.15, 0.2) is 54.6 Å². The maximum absolute atomic E-state index is 12.6. The van der Waals surface area contributed by atoms with Crippen molar-refractivity contribution >= 4 is 11.8 Å². The van der Waals surface area contributed by atoms with E-state index in [4.69, 9.17) is 4.74 Å². The molecule has 5 nitrogen and oxygen atoms in total. The number of hydrogen-bond acceptors (Lipinski definition) is 3. The number of amides is 2. The largest absolute Gasteiger partial charge is 0.383 e. The first kappa shape index (κ1) is 17.7. The smallest absolute Gasteiger partial charge is 0.253 e. The van der Waals surface area contributed by atoms with Gasteiger partial charge >= 0.3 is 0 Å². The topological polar surface area (TPSA) is 58.6 Å². The van der Waals surface area contributed by atoms with E-state index in [1.807, 2.05) is 30.3 Å². The Hall–Kier alpha value is -2.66. The molecule has 0 aliphatic rings. The highest BCUT2D eigenvalue weighted by Gasteiger charge is 2.14. The fourth-order valence-electron chi connectivity index (χ4n) is 2.31. The Morgan fingerprint density at radius 1 is 1.04 bits per heavy atom. The molecule has 0 spiro atoms. The lowest BCUT2D eigenvalue weighted by Crippen LogP contribution is -2.28. The van der Waals surface area contributed by atoms with E-state index in [1.165, 1.54) is 0 Å². The lowest BCUT2D eigenvalue weighted by Gasteiger charge is -2.17. The number of nitrogens with zero attached hydrogens (tertiary/aromatic N) is 1. The minimum Gasteiger partial charge on any atom is -0.383 e. The molecule has 2 aromatic carbocycles. The SMILES string of the molecule is COCCNC(=O)c1cccc(C(=O)N(C)Cc2ccccc2)c1. The molecule has 1 N–H and O–H groups in total. The predicted octanol–water partition coefficient (Wildman–Crippen LogP) is 2.33. The van der Waals surface area contributed by atoms with Gasteiger partial charge in [-0.1, -0.05) is 36.4 Å². The summed E-state index contributed by atoms with van der Waals surface area (Å²) in [6.45, 7) is 1.40. The second kappa shape index (κ2) is 8.84. The zero-order valence-corrected chi connectivity index (χ0v) is 14.0. The van der Waals surface area contributed by atoms with Gasteiger partial charge in [0.05, 0.1) is 6.61 Å². The van der Waals surface area contributed by atoms with Crippen molar-refractivity contribution in [2.45, 2.75) is 6.54 Å². The zero-order chi connectivity index (χ0) is 17.4. The Morgan fingerprint density at radius 3 is 2.46 bits per heavy atom. The molecular formula is C19H22N2O3. The second-order valence-corrected chi connectivity index (χ2v) is 5.48. The molecule has 0 aliphatic heterocycles. The highest BCUT2D eigenvalue weighted by atomic mass is 16.5. The molecule has 126 valence electrons. The van der Waals surface area contributed by atoms with Crippen LogP contribution in [-0.4, -0.2) is 44.0 Å². The first-order chi connectivity index (χ1) is 11.6. The van der Waals surface area contributed by atoms with Crippen molar-refractivity contribution in [2.75, 3.05) is 27.3 Å². The van der Waals surface area contributed by atoms with E-state index in [0.29, 0.717) is 30.8 Å². The summed E-state index contributed by atoms with van der Waals surface area (Å²) in [5, 5.41) is 2.75. The summed E-state index contributed by atoms with van der Waals surface area (Å²) < 4.78 is 4.90. The van der Waals surface area contributed by atoms with Crippen LogP contribution in [0.2, 0.25) is 0 Å². The van der Waals surface area contributed by atoms with Crippen molar-refractivity contribution < 1.29 is 14.3 Å². The lowest BCUT2D eigenvalue weighted by molar-refractivity contribution is 0.0785. The van der Waals surface area contributed by atoms with Crippen LogP contribution < -0.4 is 5.32 Å². The third kappa shape index (κ3) is 4.93. The number of hydrogen-bond donors (Lipinski definition) is 1. The van der Waals surface area contributed by atoms with Crippen LogP contribution >= 0.6 is 0 Å². The number of methoxy groups -OCH3 is 1. The van der Waals surface area contributed by atoms with Crippen LogP contribution in [0.4, 0.5) is 0 Å². The van der Waals surface area contributed by atoms with Gasteiger partial charge < -0.3 is 15.0 Å². The molecule has 5 heteroatoms. The van der Waals surface area contributed by atoms with Gasteiger partial charge in [-0.15, -0.1) is 0 Å². The molecule has 0 aliphatic carbocycles. The van der Waals surface area contributed by atoms with Gasteiger partial charge in [0.2, 0.25) is 0 Å². The quantitative estimate of drug-likeness (QED) is 0.795. The van der Waals surface area contributed by atoms with E-state index in [0.717, 1.165) is 5.56 Å². The fourth-order valence-corrected chi connectivity index (χ4v) is 2.31. The highest BCUT2D eigenvalue weighted by molar-refractivity contribution is 5.99. The molecule has 24 heavy (non-hydrogen) atoms. The van der Waals surface area contributed by atoms with E-state index in [-0.39, 0.29) is 11.8 Å². The third-order valence-corrected chi connectivity index (χ3v) is 3.57. The maximum Gasteiger partial charge on any atom is 0.253 e. The fraction of sp³-hybridized carbons (Fsp3) is 0.263. The van der Waals surface area contributed by atoms with Gasteiger partial charge in [0.1, 0.15) is 0 Å². The van der Waals surface area contributed by atoms with Gasteiger partial charge in [0.15, 0.2) is 0 Å². The van der Waals surface area contributed by atoms with Crippen LogP contribution in [0.3, 0.4) is 0 Å². The standard InChI is InChI=1S/C19H22N2O3/c1-21(14-15-7-4-3-5-8-15)19(23)17-10-6-9-16(13-17)18(22)20-11-12-24-2/h3-10,13H,11-12,14H2,1-2H3,(H,20,22). The van der Waals surface area contributed by atoms with Gasteiger partial charge in [0, 0.05) is 38.4 Å². The summed E-state index contributed by atoms with van der Waals surface area (Å²) in [5.41, 5.74) is 2.01. The van der Waals surface area contributed by atoms with Crippen LogP contribution in [-0.2, 0) is 11.3 Å². The van der Waals surface area contributed by atoms with Gasteiger partial charge in [0.25, 0.3) is 11.8 Å². The van der Waals surface area contributed by atoms with Crippen molar-refractivity contribution in [1.29, 1.82) is 0 Å². The number of carbonyl (C=O) groups is 2. The molecule has 0 heterocycles. The van der Waals surface area contributed by atoms with Crippen molar-refractivity contribution in [3.63, 3.8) is 0 Å². The van der Waals surface area contributed by atoms with Crippen molar-refractivity contribution in [1.82, 2.24) is 10.2 Å². The number of carbonyl (C=O) groups excluding carboxylic acids is 2. The minimum absolute atomic E-state index is 0.120. The Balaban J connectivity index is 2.04. The van der Waals surface area contributed by atoms with Crippen molar-refractivity contribution in [3.8, 4) is 0 Å². The Labute approximate surface area is 142 Å². The van der Waals surface area contributed by atoms with E-state index in [9.17, 15) is 9.59 Å². The summed E-state index contributed by atoms with van der Waals surface area (Å²) >= 11 is 0. The molecule has 0 atom stereocenters. The molecule has 2 amide bonds. The van der Waals surface area contributed by atoms with Crippen LogP contribution in [0.25, 0.3) is 0 Å². The number of nitrogens with one attached hydrogen (secondary N) is 1. The number of benzene rings is 2. The molecule has 0 unspecified atom stereocenters. The summed E-state index contributed by atoms with van der Waals surface area (Å²) in [7, 11) is 3.33. The monoisotopic (exact) mass is 326 g/mol. The molecule has 0 fully saturated rings. The first-order valence-corrected chi connectivity index (χ1v) is 7.78. The number of ether oxygens (including phenoxy) is 1. The van der Waals surface area contributed by atoms with E-state index in [1.54, 1.807) is 43.3 Å². The summed E-state index contributed by atoms with van der Waals surface area (Å²) in [4.78, 5) is 26.3.